The van der Waals surface area contributed by atoms with Gasteiger partial charge in [0.15, 0.2) is 0 Å². The predicted molar refractivity (Wildman–Crippen MR) is 79.0 cm³/mol. The van der Waals surface area contributed by atoms with Crippen molar-refractivity contribution in [2.75, 3.05) is 0 Å². The first kappa shape index (κ1) is 14.6. The van der Waals surface area contributed by atoms with E-state index < -0.39 is 0 Å². The summed E-state index contributed by atoms with van der Waals surface area (Å²) in [6.07, 6.45) is 0. The molecule has 2 heteroatoms. The van der Waals surface area contributed by atoms with Crippen molar-refractivity contribution in [2.24, 2.45) is 0 Å². The fourth-order valence-electron chi connectivity index (χ4n) is 2.24. The Balaban J connectivity index is 0.00000147. The summed E-state index contributed by atoms with van der Waals surface area (Å²) in [6, 6.07) is 25.7. The number of rotatable bonds is 2. The maximum absolute atomic E-state index is 10.5. The summed E-state index contributed by atoms with van der Waals surface area (Å²) in [7, 11) is 0. The summed E-state index contributed by atoms with van der Waals surface area (Å²) < 4.78 is 0. The second-order valence-corrected chi connectivity index (χ2v) is 4.43. The molecule has 3 rings (SSSR count). The van der Waals surface area contributed by atoms with E-state index in [-0.39, 0.29) is 21.7 Å². The molecule has 3 aromatic rings. The summed E-state index contributed by atoms with van der Waals surface area (Å²) in [5.41, 5.74) is 3.78. The van der Waals surface area contributed by atoms with Crippen LogP contribution in [0.15, 0.2) is 78.9 Å². The van der Waals surface area contributed by atoms with Crippen LogP contribution in [0.5, 0.6) is 5.75 Å². The number of para-hydroxylation sites is 1. The SMILES string of the molecule is Oc1c(-c2ccccc2)cccc1-c1ccccc1.[Ti]. The molecule has 0 unspecified atom stereocenters. The van der Waals surface area contributed by atoms with Crippen molar-refractivity contribution in [3.8, 4) is 28.0 Å². The molecule has 0 aliphatic carbocycles. The number of aromatic hydroxyl groups is 1. The molecule has 1 nitrogen and oxygen atoms in total. The van der Waals surface area contributed by atoms with Crippen LogP contribution in [-0.4, -0.2) is 5.11 Å². The van der Waals surface area contributed by atoms with E-state index in [9.17, 15) is 5.11 Å². The maximum Gasteiger partial charge on any atom is 0.131 e. The van der Waals surface area contributed by atoms with E-state index in [2.05, 4.69) is 0 Å². The molecule has 0 bridgehead atoms. The fraction of sp³-hybridized carbons (Fsp3) is 0. The molecule has 96 valence electrons. The van der Waals surface area contributed by atoms with Gasteiger partial charge in [0, 0.05) is 32.8 Å². The van der Waals surface area contributed by atoms with Crippen LogP contribution in [-0.2, 0) is 21.7 Å². The molecule has 0 fully saturated rings. The topological polar surface area (TPSA) is 20.2 Å². The van der Waals surface area contributed by atoms with Gasteiger partial charge >= 0.3 is 0 Å². The fourth-order valence-corrected chi connectivity index (χ4v) is 2.24. The molecular formula is C18H14OTi. The monoisotopic (exact) mass is 294 g/mol. The van der Waals surface area contributed by atoms with Crippen molar-refractivity contribution in [1.29, 1.82) is 0 Å². The molecule has 1 N–H and O–H groups in total. The molecule has 0 saturated carbocycles. The molecule has 0 aliphatic rings. The molecule has 0 amide bonds. The minimum absolute atomic E-state index is 0. The quantitative estimate of drug-likeness (QED) is 0.678. The van der Waals surface area contributed by atoms with Crippen LogP contribution in [0.2, 0.25) is 0 Å². The van der Waals surface area contributed by atoms with Gasteiger partial charge in [-0.1, -0.05) is 78.9 Å². The van der Waals surface area contributed by atoms with Gasteiger partial charge in [0.25, 0.3) is 0 Å². The Morgan fingerprint density at radius 1 is 0.500 bits per heavy atom. The van der Waals surface area contributed by atoms with Gasteiger partial charge < -0.3 is 5.11 Å². The van der Waals surface area contributed by atoms with E-state index in [0.29, 0.717) is 5.75 Å². The number of hydrogen-bond acceptors (Lipinski definition) is 1. The second-order valence-electron chi connectivity index (χ2n) is 4.43. The summed E-state index contributed by atoms with van der Waals surface area (Å²) in [5.74, 6) is 0.333. The van der Waals surface area contributed by atoms with Crippen molar-refractivity contribution in [1.82, 2.24) is 0 Å². The zero-order valence-corrected chi connectivity index (χ0v) is 12.5. The Labute approximate surface area is 133 Å². The van der Waals surface area contributed by atoms with Crippen LogP contribution in [0.4, 0.5) is 0 Å². The number of hydrogen-bond donors (Lipinski definition) is 1. The molecule has 0 saturated heterocycles. The van der Waals surface area contributed by atoms with Crippen LogP contribution >= 0.6 is 0 Å². The summed E-state index contributed by atoms with van der Waals surface area (Å²) >= 11 is 0. The van der Waals surface area contributed by atoms with Gasteiger partial charge in [-0.25, -0.2) is 0 Å². The van der Waals surface area contributed by atoms with Gasteiger partial charge in [-0.3, -0.25) is 0 Å². The number of benzene rings is 3. The van der Waals surface area contributed by atoms with E-state index in [4.69, 9.17) is 0 Å². The van der Waals surface area contributed by atoms with E-state index in [1.165, 1.54) is 0 Å². The van der Waals surface area contributed by atoms with Crippen LogP contribution in [0, 0.1) is 0 Å². The Bertz CT molecular complexity index is 621. The predicted octanol–water partition coefficient (Wildman–Crippen LogP) is 4.72. The minimum atomic E-state index is 0. The average Bonchev–Trinajstić information content (AvgIpc) is 2.49. The van der Waals surface area contributed by atoms with Gasteiger partial charge in [-0.05, 0) is 11.1 Å². The third-order valence-electron chi connectivity index (χ3n) is 3.21. The molecular weight excluding hydrogens is 280 g/mol. The van der Waals surface area contributed by atoms with Crippen LogP contribution in [0.3, 0.4) is 0 Å². The van der Waals surface area contributed by atoms with Crippen molar-refractivity contribution < 1.29 is 26.8 Å². The third-order valence-corrected chi connectivity index (χ3v) is 3.21. The standard InChI is InChI=1S/C18H14O.Ti/c19-18-16(14-8-3-1-4-9-14)12-7-13-17(18)15-10-5-2-6-11-15;/h1-13,19H;. The first-order chi connectivity index (χ1) is 9.36. The Morgan fingerprint density at radius 3 is 1.30 bits per heavy atom. The van der Waals surface area contributed by atoms with Crippen LogP contribution < -0.4 is 0 Å². The molecule has 0 atom stereocenters. The Morgan fingerprint density at radius 2 is 0.900 bits per heavy atom. The van der Waals surface area contributed by atoms with E-state index in [1.54, 1.807) is 0 Å². The minimum Gasteiger partial charge on any atom is -0.507 e. The van der Waals surface area contributed by atoms with E-state index in [0.717, 1.165) is 22.3 Å². The van der Waals surface area contributed by atoms with Crippen LogP contribution in [0.1, 0.15) is 0 Å². The summed E-state index contributed by atoms with van der Waals surface area (Å²) in [4.78, 5) is 0. The third kappa shape index (κ3) is 2.85. The molecule has 0 radical (unpaired) electrons. The molecule has 20 heavy (non-hydrogen) atoms. The molecule has 3 aromatic carbocycles. The van der Waals surface area contributed by atoms with Gasteiger partial charge in [0.1, 0.15) is 5.75 Å². The van der Waals surface area contributed by atoms with E-state index in [1.807, 2.05) is 78.9 Å². The Hall–Kier alpha value is -1.83. The Kier molecular flexibility index (Phi) is 4.78. The zero-order chi connectivity index (χ0) is 13.1. The van der Waals surface area contributed by atoms with Crippen molar-refractivity contribution in [3.63, 3.8) is 0 Å². The van der Waals surface area contributed by atoms with Gasteiger partial charge in [-0.2, -0.15) is 0 Å². The largest absolute Gasteiger partial charge is 0.507 e. The molecule has 0 heterocycles. The zero-order valence-electron chi connectivity index (χ0n) is 11.0. The van der Waals surface area contributed by atoms with Crippen LogP contribution in [0.25, 0.3) is 22.3 Å². The maximum atomic E-state index is 10.5. The smallest absolute Gasteiger partial charge is 0.131 e. The normalized spacial score (nSPS) is 9.80. The van der Waals surface area contributed by atoms with Crippen molar-refractivity contribution in [2.45, 2.75) is 0 Å². The average molecular weight is 294 g/mol. The van der Waals surface area contributed by atoms with Crippen molar-refractivity contribution >= 4 is 0 Å². The summed E-state index contributed by atoms with van der Waals surface area (Å²) in [5, 5.41) is 10.5. The molecule has 0 aliphatic heterocycles. The van der Waals surface area contributed by atoms with Gasteiger partial charge in [-0.15, -0.1) is 0 Å². The van der Waals surface area contributed by atoms with Crippen molar-refractivity contribution in [3.05, 3.63) is 78.9 Å². The van der Waals surface area contributed by atoms with Gasteiger partial charge in [0.05, 0.1) is 0 Å². The van der Waals surface area contributed by atoms with Gasteiger partial charge in [0.2, 0.25) is 0 Å². The first-order valence-electron chi connectivity index (χ1n) is 6.29. The number of phenols is 1. The molecule has 0 spiro atoms. The van der Waals surface area contributed by atoms with E-state index >= 15 is 0 Å². The molecule has 0 aromatic heterocycles. The second kappa shape index (κ2) is 6.56. The summed E-state index contributed by atoms with van der Waals surface area (Å²) in [6.45, 7) is 0. The first-order valence-corrected chi connectivity index (χ1v) is 6.29. The number of phenolic OH excluding ortho intramolecular Hbond substituents is 1.